The van der Waals surface area contributed by atoms with Gasteiger partial charge < -0.3 is 9.47 Å². The van der Waals surface area contributed by atoms with Crippen molar-refractivity contribution in [3.05, 3.63) is 0 Å². The molecule has 2 aliphatic carbocycles. The Kier molecular flexibility index (Phi) is 8.60. The molecule has 0 saturated heterocycles. The molecule has 0 aromatic heterocycles. The molecule has 2 aliphatic rings. The van der Waals surface area contributed by atoms with Gasteiger partial charge in [-0.05, 0) is 72.1 Å². The van der Waals surface area contributed by atoms with Crippen LogP contribution in [0.15, 0.2) is 0 Å². The molecule has 0 spiro atoms. The van der Waals surface area contributed by atoms with Crippen molar-refractivity contribution in [2.75, 3.05) is 13.2 Å². The molecule has 0 unspecified atom stereocenters. The topological polar surface area (TPSA) is 35.5 Å². The van der Waals surface area contributed by atoms with Crippen LogP contribution in [0.25, 0.3) is 0 Å². The van der Waals surface area contributed by atoms with Gasteiger partial charge in [0.2, 0.25) is 0 Å². The second-order valence-corrected chi connectivity index (χ2v) is 9.74. The predicted octanol–water partition coefficient (Wildman–Crippen LogP) is 6.09. The van der Waals surface area contributed by atoms with E-state index < -0.39 is 5.60 Å². The van der Waals surface area contributed by atoms with E-state index in [1.54, 1.807) is 0 Å². The van der Waals surface area contributed by atoms with Gasteiger partial charge in [0.05, 0.1) is 12.2 Å². The molecular weight excluding hydrogens is 324 g/mol. The first-order valence-electron chi connectivity index (χ1n) is 11.1. The third-order valence-corrected chi connectivity index (χ3v) is 6.39. The Hall–Kier alpha value is -0.410. The van der Waals surface area contributed by atoms with Gasteiger partial charge in [0.15, 0.2) is 5.78 Å². The van der Waals surface area contributed by atoms with Crippen LogP contribution in [0, 0.1) is 11.8 Å². The Morgan fingerprint density at radius 3 is 2.04 bits per heavy atom. The van der Waals surface area contributed by atoms with E-state index in [4.69, 9.17) is 9.47 Å². The van der Waals surface area contributed by atoms with Crippen LogP contribution < -0.4 is 0 Å². The van der Waals surface area contributed by atoms with Gasteiger partial charge in [-0.3, -0.25) is 4.79 Å². The van der Waals surface area contributed by atoms with Gasteiger partial charge in [0.25, 0.3) is 0 Å². The molecule has 26 heavy (non-hydrogen) atoms. The first-order valence-corrected chi connectivity index (χ1v) is 11.1. The number of Topliss-reactive ketones (excluding diaryl/α,β-unsaturated/α-hetero) is 1. The van der Waals surface area contributed by atoms with Crippen molar-refractivity contribution in [2.24, 2.45) is 11.8 Å². The SMILES string of the molecule is CC(C)(CCCOC(C)(C)C(=O)C1CCCCC1)OCC1CCCCC1. The van der Waals surface area contributed by atoms with Gasteiger partial charge in [0, 0.05) is 12.5 Å². The van der Waals surface area contributed by atoms with Gasteiger partial charge >= 0.3 is 0 Å². The highest BCUT2D eigenvalue weighted by molar-refractivity contribution is 5.88. The number of carbonyl (C=O) groups excluding carboxylic acids is 1. The summed E-state index contributed by atoms with van der Waals surface area (Å²) in [5.74, 6) is 1.28. The highest BCUT2D eigenvalue weighted by atomic mass is 16.5. The van der Waals surface area contributed by atoms with Crippen LogP contribution >= 0.6 is 0 Å². The summed E-state index contributed by atoms with van der Waals surface area (Å²) in [6, 6.07) is 0. The number of ketones is 1. The van der Waals surface area contributed by atoms with Gasteiger partial charge in [-0.25, -0.2) is 0 Å². The zero-order chi connectivity index (χ0) is 19.0. The molecular formula is C23H42O3. The van der Waals surface area contributed by atoms with E-state index in [2.05, 4.69) is 13.8 Å². The highest BCUT2D eigenvalue weighted by Gasteiger charge is 2.35. The number of carbonyl (C=O) groups is 1. The largest absolute Gasteiger partial charge is 0.375 e. The fourth-order valence-corrected chi connectivity index (χ4v) is 4.52. The average molecular weight is 367 g/mol. The molecule has 0 amide bonds. The molecule has 2 saturated carbocycles. The lowest BCUT2D eigenvalue weighted by molar-refractivity contribution is -0.146. The summed E-state index contributed by atoms with van der Waals surface area (Å²) in [5.41, 5.74) is -0.743. The first-order chi connectivity index (χ1) is 12.3. The summed E-state index contributed by atoms with van der Waals surface area (Å²) in [4.78, 5) is 12.7. The molecule has 0 N–H and O–H groups in total. The Morgan fingerprint density at radius 1 is 0.846 bits per heavy atom. The summed E-state index contributed by atoms with van der Waals surface area (Å²) in [5, 5.41) is 0. The molecule has 2 fully saturated rings. The van der Waals surface area contributed by atoms with Crippen molar-refractivity contribution < 1.29 is 14.3 Å². The Balaban J connectivity index is 1.64. The van der Waals surface area contributed by atoms with Crippen LogP contribution in [-0.2, 0) is 14.3 Å². The molecule has 0 radical (unpaired) electrons. The predicted molar refractivity (Wildman–Crippen MR) is 107 cm³/mol. The third kappa shape index (κ3) is 7.31. The minimum absolute atomic E-state index is 0.0989. The maximum Gasteiger partial charge on any atom is 0.167 e. The van der Waals surface area contributed by atoms with E-state index >= 15 is 0 Å². The standard InChI is InChI=1S/C23H42O3/c1-22(2,26-18-19-12-7-5-8-13-19)16-11-17-25-23(3,4)21(24)20-14-9-6-10-15-20/h19-20H,5-18H2,1-4H3. The smallest absolute Gasteiger partial charge is 0.167 e. The van der Waals surface area contributed by atoms with E-state index in [1.807, 2.05) is 13.8 Å². The summed E-state index contributed by atoms with van der Waals surface area (Å²) in [6.07, 6.45) is 14.5. The van der Waals surface area contributed by atoms with Gasteiger partial charge in [0.1, 0.15) is 5.60 Å². The van der Waals surface area contributed by atoms with Crippen molar-refractivity contribution in [3.63, 3.8) is 0 Å². The lowest BCUT2D eigenvalue weighted by Crippen LogP contribution is -2.41. The number of hydrogen-bond donors (Lipinski definition) is 0. The second-order valence-electron chi connectivity index (χ2n) is 9.74. The lowest BCUT2D eigenvalue weighted by Gasteiger charge is -2.32. The molecule has 0 bridgehead atoms. The highest BCUT2D eigenvalue weighted by Crippen LogP contribution is 2.30. The van der Waals surface area contributed by atoms with E-state index in [1.165, 1.54) is 51.4 Å². The summed E-state index contributed by atoms with van der Waals surface area (Å²) in [6.45, 7) is 9.83. The summed E-state index contributed by atoms with van der Waals surface area (Å²) in [7, 11) is 0. The molecule has 0 aromatic rings. The molecule has 0 aliphatic heterocycles. The fourth-order valence-electron chi connectivity index (χ4n) is 4.52. The average Bonchev–Trinajstić information content (AvgIpc) is 2.65. The van der Waals surface area contributed by atoms with Gasteiger partial charge in [-0.15, -0.1) is 0 Å². The molecule has 2 rings (SSSR count). The summed E-state index contributed by atoms with van der Waals surface area (Å²) < 4.78 is 12.3. The third-order valence-electron chi connectivity index (χ3n) is 6.39. The van der Waals surface area contributed by atoms with Crippen molar-refractivity contribution in [1.82, 2.24) is 0 Å². The Bertz CT molecular complexity index is 415. The van der Waals surface area contributed by atoms with Crippen LogP contribution in [0.4, 0.5) is 0 Å². The minimum Gasteiger partial charge on any atom is -0.375 e. The summed E-state index contributed by atoms with van der Waals surface area (Å²) >= 11 is 0. The molecule has 0 aromatic carbocycles. The van der Waals surface area contributed by atoms with Crippen molar-refractivity contribution >= 4 is 5.78 Å². The van der Waals surface area contributed by atoms with Crippen molar-refractivity contribution in [3.8, 4) is 0 Å². The Morgan fingerprint density at radius 2 is 1.42 bits per heavy atom. The molecule has 152 valence electrons. The van der Waals surface area contributed by atoms with Crippen LogP contribution in [0.2, 0.25) is 0 Å². The maximum absolute atomic E-state index is 12.7. The van der Waals surface area contributed by atoms with Crippen molar-refractivity contribution in [1.29, 1.82) is 0 Å². The fraction of sp³-hybridized carbons (Fsp3) is 0.957. The van der Waals surface area contributed by atoms with Crippen LogP contribution in [0.1, 0.15) is 105 Å². The van der Waals surface area contributed by atoms with Crippen LogP contribution in [-0.4, -0.2) is 30.2 Å². The normalized spacial score (nSPS) is 21.1. The van der Waals surface area contributed by atoms with E-state index in [-0.39, 0.29) is 11.5 Å². The number of ether oxygens (including phenoxy) is 2. The molecule has 3 heteroatoms. The molecule has 0 atom stereocenters. The lowest BCUT2D eigenvalue weighted by atomic mass is 9.81. The minimum atomic E-state index is -0.644. The Labute approximate surface area is 161 Å². The first kappa shape index (κ1) is 21.9. The quantitative estimate of drug-likeness (QED) is 0.439. The molecule has 3 nitrogen and oxygen atoms in total. The van der Waals surface area contributed by atoms with Crippen LogP contribution in [0.5, 0.6) is 0 Å². The van der Waals surface area contributed by atoms with Crippen LogP contribution in [0.3, 0.4) is 0 Å². The van der Waals surface area contributed by atoms with Gasteiger partial charge in [-0.2, -0.15) is 0 Å². The number of hydrogen-bond acceptors (Lipinski definition) is 3. The monoisotopic (exact) mass is 366 g/mol. The van der Waals surface area contributed by atoms with E-state index in [9.17, 15) is 4.79 Å². The van der Waals surface area contributed by atoms with Gasteiger partial charge in [-0.1, -0.05) is 38.5 Å². The second kappa shape index (κ2) is 10.2. The van der Waals surface area contributed by atoms with E-state index in [0.29, 0.717) is 12.4 Å². The molecule has 0 heterocycles. The zero-order valence-electron chi connectivity index (χ0n) is 17.8. The van der Waals surface area contributed by atoms with Crippen molar-refractivity contribution in [2.45, 2.75) is 116 Å². The zero-order valence-corrected chi connectivity index (χ0v) is 17.8. The number of rotatable bonds is 10. The maximum atomic E-state index is 12.7. The van der Waals surface area contributed by atoms with E-state index in [0.717, 1.165) is 38.2 Å².